The first-order chi connectivity index (χ1) is 9.06. The summed E-state index contributed by atoms with van der Waals surface area (Å²) in [5.74, 6) is -0.419. The molecule has 0 radical (unpaired) electrons. The average molecular weight is 281 g/mol. The van der Waals surface area contributed by atoms with E-state index in [1.54, 1.807) is 38.4 Å². The summed E-state index contributed by atoms with van der Waals surface area (Å²) in [7, 11) is 2.01. The molecule has 0 aromatic heterocycles. The van der Waals surface area contributed by atoms with Gasteiger partial charge < -0.3 is 0 Å². The molecule has 0 saturated carbocycles. The fourth-order valence-corrected chi connectivity index (χ4v) is 2.67. The van der Waals surface area contributed by atoms with Crippen LogP contribution in [0.25, 0.3) is 0 Å². The van der Waals surface area contributed by atoms with Crippen LogP contribution in [0.4, 0.5) is 0 Å². The standard InChI is InChI=1S/C12H15N3O3S/c1-13-14(2)19(18)8-7-15-11(16)9-5-3-4-6-10(9)12(15)17/h3-6,13H,7-8H2,1-2H3. The van der Waals surface area contributed by atoms with Crippen LogP contribution in [0.15, 0.2) is 24.3 Å². The van der Waals surface area contributed by atoms with E-state index in [1.165, 1.54) is 4.41 Å². The molecule has 19 heavy (non-hydrogen) atoms. The maximum absolute atomic E-state index is 12.0. The summed E-state index contributed by atoms with van der Waals surface area (Å²) in [6.45, 7) is 0.144. The molecule has 1 N–H and O–H groups in total. The molecule has 7 heteroatoms. The van der Waals surface area contributed by atoms with Gasteiger partial charge in [0.25, 0.3) is 11.8 Å². The highest BCUT2D eigenvalue weighted by atomic mass is 32.2. The number of imide groups is 1. The van der Waals surface area contributed by atoms with Gasteiger partial charge in [0.2, 0.25) is 0 Å². The van der Waals surface area contributed by atoms with Crippen LogP contribution in [0.2, 0.25) is 0 Å². The van der Waals surface area contributed by atoms with Crippen molar-refractivity contribution in [3.63, 3.8) is 0 Å². The number of amides is 2. The van der Waals surface area contributed by atoms with E-state index in [9.17, 15) is 13.8 Å². The number of hydrogen-bond donors (Lipinski definition) is 1. The van der Waals surface area contributed by atoms with Crippen LogP contribution in [0.3, 0.4) is 0 Å². The number of carbonyl (C=O) groups is 2. The first-order valence-electron chi connectivity index (χ1n) is 5.81. The first kappa shape index (κ1) is 13.9. The molecule has 0 spiro atoms. The van der Waals surface area contributed by atoms with Gasteiger partial charge in [0.15, 0.2) is 0 Å². The van der Waals surface area contributed by atoms with Crippen molar-refractivity contribution in [3.8, 4) is 0 Å². The third-order valence-corrected chi connectivity index (χ3v) is 4.31. The van der Waals surface area contributed by atoms with Crippen molar-refractivity contribution >= 4 is 22.8 Å². The lowest BCUT2D eigenvalue weighted by atomic mass is 10.1. The normalized spacial score (nSPS) is 16.1. The molecule has 2 rings (SSSR count). The number of carbonyl (C=O) groups excluding carboxylic acids is 2. The minimum absolute atomic E-state index is 0.144. The summed E-state index contributed by atoms with van der Waals surface area (Å²) in [6, 6.07) is 6.71. The van der Waals surface area contributed by atoms with E-state index in [-0.39, 0.29) is 24.1 Å². The summed E-state index contributed by atoms with van der Waals surface area (Å²) in [4.78, 5) is 25.2. The average Bonchev–Trinajstić information content (AvgIpc) is 2.68. The van der Waals surface area contributed by atoms with Gasteiger partial charge in [0, 0.05) is 13.6 Å². The number of benzene rings is 1. The molecular weight excluding hydrogens is 266 g/mol. The second kappa shape index (κ2) is 5.60. The molecule has 0 fully saturated rings. The Bertz CT molecular complexity index is 512. The van der Waals surface area contributed by atoms with Crippen LogP contribution in [0, 0.1) is 0 Å². The number of hydrogen-bond acceptors (Lipinski definition) is 4. The Morgan fingerprint density at radius 2 is 1.74 bits per heavy atom. The third-order valence-electron chi connectivity index (χ3n) is 2.99. The Hall–Kier alpha value is -1.57. The van der Waals surface area contributed by atoms with Gasteiger partial charge in [-0.2, -0.15) is 4.41 Å². The highest BCUT2D eigenvalue weighted by Gasteiger charge is 2.34. The van der Waals surface area contributed by atoms with E-state index in [1.807, 2.05) is 0 Å². The number of nitrogens with zero attached hydrogens (tertiary/aromatic N) is 2. The summed E-state index contributed by atoms with van der Waals surface area (Å²) in [5.41, 5.74) is 3.56. The molecule has 0 saturated heterocycles. The zero-order chi connectivity index (χ0) is 14.0. The Labute approximate surface area is 113 Å². The largest absolute Gasteiger partial charge is 0.273 e. The Kier molecular flexibility index (Phi) is 4.08. The van der Waals surface area contributed by atoms with Crippen molar-refractivity contribution in [2.45, 2.75) is 0 Å². The van der Waals surface area contributed by atoms with Crippen molar-refractivity contribution in [2.24, 2.45) is 0 Å². The highest BCUT2D eigenvalue weighted by molar-refractivity contribution is 7.82. The van der Waals surface area contributed by atoms with Crippen molar-refractivity contribution < 1.29 is 13.8 Å². The topological polar surface area (TPSA) is 69.7 Å². The summed E-state index contributed by atoms with van der Waals surface area (Å²) >= 11 is 0. The van der Waals surface area contributed by atoms with Gasteiger partial charge >= 0.3 is 0 Å². The van der Waals surface area contributed by atoms with Gasteiger partial charge in [-0.1, -0.05) is 12.1 Å². The highest BCUT2D eigenvalue weighted by Crippen LogP contribution is 2.21. The lowest BCUT2D eigenvalue weighted by molar-refractivity contribution is 0.0664. The molecule has 0 bridgehead atoms. The van der Waals surface area contributed by atoms with E-state index in [0.717, 1.165) is 4.90 Å². The van der Waals surface area contributed by atoms with E-state index in [0.29, 0.717) is 11.1 Å². The molecule has 1 atom stereocenters. The van der Waals surface area contributed by atoms with Crippen LogP contribution in [-0.4, -0.2) is 51.7 Å². The second-order valence-corrected chi connectivity index (χ2v) is 5.65. The second-order valence-electron chi connectivity index (χ2n) is 4.05. The third kappa shape index (κ3) is 2.58. The molecule has 2 amide bonds. The molecule has 1 unspecified atom stereocenters. The fraction of sp³-hybridized carbons (Fsp3) is 0.333. The Morgan fingerprint density at radius 3 is 2.21 bits per heavy atom. The van der Waals surface area contributed by atoms with Crippen molar-refractivity contribution in [1.82, 2.24) is 14.7 Å². The van der Waals surface area contributed by atoms with Crippen LogP contribution < -0.4 is 5.43 Å². The van der Waals surface area contributed by atoms with Crippen LogP contribution in [-0.2, 0) is 11.0 Å². The molecule has 1 aromatic rings. The zero-order valence-electron chi connectivity index (χ0n) is 10.8. The fourth-order valence-electron chi connectivity index (χ4n) is 1.85. The monoisotopic (exact) mass is 281 g/mol. The van der Waals surface area contributed by atoms with Crippen molar-refractivity contribution in [1.29, 1.82) is 0 Å². The maximum Gasteiger partial charge on any atom is 0.261 e. The van der Waals surface area contributed by atoms with Crippen LogP contribution >= 0.6 is 0 Å². The molecule has 1 aliphatic rings. The molecule has 1 heterocycles. The molecule has 1 aromatic carbocycles. The number of nitrogens with one attached hydrogen (secondary N) is 1. The minimum atomic E-state index is -1.28. The quantitative estimate of drug-likeness (QED) is 0.610. The summed E-state index contributed by atoms with van der Waals surface area (Å²) < 4.78 is 13.2. The predicted octanol–water partition coefficient (Wildman–Crippen LogP) is 0.0125. The molecule has 1 aliphatic heterocycles. The SMILES string of the molecule is CNN(C)S(=O)CCN1C(=O)c2ccccc2C1=O. The Morgan fingerprint density at radius 1 is 1.21 bits per heavy atom. The van der Waals surface area contributed by atoms with Crippen molar-refractivity contribution in [3.05, 3.63) is 35.4 Å². The molecule has 0 aliphatic carbocycles. The molecular formula is C12H15N3O3S. The summed E-state index contributed by atoms with van der Waals surface area (Å²) in [5, 5.41) is 0. The first-order valence-corrected chi connectivity index (χ1v) is 7.08. The lowest BCUT2D eigenvalue weighted by Gasteiger charge is -2.17. The molecule has 6 nitrogen and oxygen atoms in total. The van der Waals surface area contributed by atoms with E-state index >= 15 is 0 Å². The van der Waals surface area contributed by atoms with Crippen LogP contribution in [0.5, 0.6) is 0 Å². The van der Waals surface area contributed by atoms with Crippen LogP contribution in [0.1, 0.15) is 20.7 Å². The van der Waals surface area contributed by atoms with Gasteiger partial charge in [-0.3, -0.25) is 14.5 Å². The Balaban J connectivity index is 2.07. The van der Waals surface area contributed by atoms with E-state index in [2.05, 4.69) is 5.43 Å². The van der Waals surface area contributed by atoms with Gasteiger partial charge in [-0.25, -0.2) is 9.63 Å². The number of rotatable bonds is 5. The van der Waals surface area contributed by atoms with Gasteiger partial charge in [-0.15, -0.1) is 0 Å². The zero-order valence-corrected chi connectivity index (χ0v) is 11.6. The lowest BCUT2D eigenvalue weighted by Crippen LogP contribution is -2.39. The maximum atomic E-state index is 12.0. The number of fused-ring (bicyclic) bond motifs is 1. The summed E-state index contributed by atoms with van der Waals surface area (Å²) in [6.07, 6.45) is 0. The molecule has 102 valence electrons. The van der Waals surface area contributed by atoms with Gasteiger partial charge in [0.1, 0.15) is 11.0 Å². The van der Waals surface area contributed by atoms with E-state index < -0.39 is 11.0 Å². The van der Waals surface area contributed by atoms with Gasteiger partial charge in [0.05, 0.1) is 16.9 Å². The predicted molar refractivity (Wildman–Crippen MR) is 71.6 cm³/mol. The number of hydrazine groups is 1. The van der Waals surface area contributed by atoms with Gasteiger partial charge in [-0.05, 0) is 19.2 Å². The van der Waals surface area contributed by atoms with E-state index in [4.69, 9.17) is 0 Å². The van der Waals surface area contributed by atoms with Crippen molar-refractivity contribution in [2.75, 3.05) is 26.4 Å². The smallest absolute Gasteiger partial charge is 0.261 e. The minimum Gasteiger partial charge on any atom is -0.273 e.